The number of aliphatic hydroxyl groups excluding tert-OH is 2. The largest absolute Gasteiger partial charge is 0.481 e. The predicted octanol–water partition coefficient (Wildman–Crippen LogP) is 1.64. The average Bonchev–Trinajstić information content (AvgIpc) is 2.37. The Bertz CT molecular complexity index is 283. The monoisotopic (exact) mass is 290 g/mol. The summed E-state index contributed by atoms with van der Waals surface area (Å²) in [5.41, 5.74) is -1.04. The maximum atomic E-state index is 11.4. The maximum Gasteiger partial charge on any atom is 0.309 e. The molecule has 6 nitrogen and oxygen atoms in total. The van der Waals surface area contributed by atoms with Crippen molar-refractivity contribution >= 4 is 11.9 Å². The van der Waals surface area contributed by atoms with Crippen LogP contribution in [0.2, 0.25) is 0 Å². The van der Waals surface area contributed by atoms with Gasteiger partial charge in [0.15, 0.2) is 0 Å². The Hall–Kier alpha value is -1.14. The molecule has 0 bridgehead atoms. The summed E-state index contributed by atoms with van der Waals surface area (Å²) >= 11 is 0. The van der Waals surface area contributed by atoms with Crippen LogP contribution in [0, 0.1) is 5.41 Å². The Balaban J connectivity index is 4.01. The van der Waals surface area contributed by atoms with Crippen molar-refractivity contribution in [2.24, 2.45) is 5.41 Å². The van der Waals surface area contributed by atoms with Gasteiger partial charge >= 0.3 is 11.9 Å². The van der Waals surface area contributed by atoms with E-state index in [1.807, 2.05) is 0 Å². The minimum atomic E-state index is -1.04. The van der Waals surface area contributed by atoms with E-state index in [-0.39, 0.29) is 32.5 Å². The van der Waals surface area contributed by atoms with Gasteiger partial charge in [-0.25, -0.2) is 0 Å². The van der Waals surface area contributed by atoms with Crippen LogP contribution in [0.25, 0.3) is 0 Å². The molecular formula is C14H26O6. The fraction of sp³-hybridized carbons (Fsp3) is 0.857. The van der Waals surface area contributed by atoms with E-state index in [1.165, 1.54) is 0 Å². The Labute approximate surface area is 119 Å². The molecule has 118 valence electrons. The summed E-state index contributed by atoms with van der Waals surface area (Å²) in [6, 6.07) is 0. The standard InChI is InChI=1S/C14H26O6/c15-10-8-14(9-11-16,13(19)20)7-5-3-1-2-4-6-12(17)18/h15-16H,1-11H2,(H,17,18)(H,19,20). The highest BCUT2D eigenvalue weighted by Crippen LogP contribution is 2.33. The summed E-state index contributed by atoms with van der Waals surface area (Å²) in [7, 11) is 0. The molecule has 4 N–H and O–H groups in total. The lowest BCUT2D eigenvalue weighted by Gasteiger charge is -2.28. The average molecular weight is 290 g/mol. The summed E-state index contributed by atoms with van der Waals surface area (Å²) in [4.78, 5) is 21.7. The van der Waals surface area contributed by atoms with E-state index in [1.54, 1.807) is 0 Å². The van der Waals surface area contributed by atoms with E-state index in [4.69, 9.17) is 15.3 Å². The van der Waals surface area contributed by atoms with Gasteiger partial charge in [0.2, 0.25) is 0 Å². The van der Waals surface area contributed by atoms with Crippen molar-refractivity contribution in [3.05, 3.63) is 0 Å². The Morgan fingerprint density at radius 1 is 0.750 bits per heavy atom. The predicted molar refractivity (Wildman–Crippen MR) is 73.4 cm³/mol. The fourth-order valence-electron chi connectivity index (χ4n) is 2.39. The molecule has 0 spiro atoms. The normalized spacial score (nSPS) is 11.5. The topological polar surface area (TPSA) is 115 Å². The smallest absolute Gasteiger partial charge is 0.309 e. The van der Waals surface area contributed by atoms with Crippen LogP contribution in [0.1, 0.15) is 57.8 Å². The van der Waals surface area contributed by atoms with Crippen LogP contribution in [0.15, 0.2) is 0 Å². The Morgan fingerprint density at radius 2 is 1.25 bits per heavy atom. The highest BCUT2D eigenvalue weighted by molar-refractivity contribution is 5.74. The molecule has 0 amide bonds. The van der Waals surface area contributed by atoms with E-state index in [2.05, 4.69) is 0 Å². The molecule has 0 aliphatic carbocycles. The number of aliphatic hydroxyl groups is 2. The highest BCUT2D eigenvalue weighted by atomic mass is 16.4. The van der Waals surface area contributed by atoms with Gasteiger partial charge in [0.1, 0.15) is 0 Å². The molecule has 0 atom stereocenters. The zero-order valence-corrected chi connectivity index (χ0v) is 11.9. The van der Waals surface area contributed by atoms with Crippen molar-refractivity contribution in [3.63, 3.8) is 0 Å². The van der Waals surface area contributed by atoms with Crippen LogP contribution in [0.3, 0.4) is 0 Å². The highest BCUT2D eigenvalue weighted by Gasteiger charge is 2.36. The lowest BCUT2D eigenvalue weighted by atomic mass is 9.77. The van der Waals surface area contributed by atoms with Crippen LogP contribution in [-0.2, 0) is 9.59 Å². The molecule has 0 aromatic heterocycles. The number of unbranched alkanes of at least 4 members (excludes halogenated alkanes) is 4. The van der Waals surface area contributed by atoms with Gasteiger partial charge in [0.25, 0.3) is 0 Å². The zero-order chi connectivity index (χ0) is 15.4. The molecule has 0 fully saturated rings. The SMILES string of the molecule is O=C(O)CCCCCCCC(CCO)(CCO)C(=O)O. The lowest BCUT2D eigenvalue weighted by Crippen LogP contribution is -2.33. The van der Waals surface area contributed by atoms with Gasteiger partial charge in [-0.05, 0) is 25.7 Å². The first-order valence-corrected chi connectivity index (χ1v) is 7.15. The van der Waals surface area contributed by atoms with Crippen LogP contribution < -0.4 is 0 Å². The first kappa shape index (κ1) is 18.9. The molecule has 0 unspecified atom stereocenters. The molecule has 20 heavy (non-hydrogen) atoms. The summed E-state index contributed by atoms with van der Waals surface area (Å²) in [6.07, 6.45) is 4.81. The quantitative estimate of drug-likeness (QED) is 0.383. The van der Waals surface area contributed by atoms with Gasteiger partial charge in [-0.1, -0.05) is 25.7 Å². The third-order valence-corrected chi connectivity index (χ3v) is 3.68. The molecule has 0 aromatic rings. The van der Waals surface area contributed by atoms with Crippen molar-refractivity contribution in [2.45, 2.75) is 57.8 Å². The Kier molecular flexibility index (Phi) is 10.0. The van der Waals surface area contributed by atoms with E-state index in [9.17, 15) is 14.7 Å². The van der Waals surface area contributed by atoms with E-state index in [0.29, 0.717) is 19.3 Å². The molecule has 0 aromatic carbocycles. The number of hydrogen-bond donors (Lipinski definition) is 4. The molecule has 0 aliphatic heterocycles. The summed E-state index contributed by atoms with van der Waals surface area (Å²) in [6.45, 7) is -0.407. The van der Waals surface area contributed by atoms with Gasteiger partial charge < -0.3 is 20.4 Å². The van der Waals surface area contributed by atoms with Crippen molar-refractivity contribution in [1.29, 1.82) is 0 Å². The van der Waals surface area contributed by atoms with Crippen molar-refractivity contribution in [2.75, 3.05) is 13.2 Å². The van der Waals surface area contributed by atoms with Crippen LogP contribution in [0.4, 0.5) is 0 Å². The summed E-state index contributed by atoms with van der Waals surface area (Å²) in [5, 5.41) is 35.8. The van der Waals surface area contributed by atoms with E-state index < -0.39 is 17.4 Å². The van der Waals surface area contributed by atoms with Crippen molar-refractivity contribution in [1.82, 2.24) is 0 Å². The van der Waals surface area contributed by atoms with Crippen LogP contribution in [0.5, 0.6) is 0 Å². The molecule has 0 aliphatic rings. The molecule has 0 radical (unpaired) electrons. The maximum absolute atomic E-state index is 11.4. The third kappa shape index (κ3) is 7.45. The summed E-state index contributed by atoms with van der Waals surface area (Å²) in [5.74, 6) is -1.76. The number of hydrogen-bond acceptors (Lipinski definition) is 4. The van der Waals surface area contributed by atoms with Gasteiger partial charge in [-0.2, -0.15) is 0 Å². The number of rotatable bonds is 13. The first-order chi connectivity index (χ1) is 9.48. The number of carboxylic acid groups (broad SMARTS) is 2. The minimum absolute atomic E-state index is 0.155. The van der Waals surface area contributed by atoms with Gasteiger partial charge in [0.05, 0.1) is 5.41 Å². The lowest BCUT2D eigenvalue weighted by molar-refractivity contribution is -0.152. The second-order valence-electron chi connectivity index (χ2n) is 5.19. The molecular weight excluding hydrogens is 264 g/mol. The molecule has 0 saturated heterocycles. The van der Waals surface area contributed by atoms with Crippen molar-refractivity contribution in [3.8, 4) is 0 Å². The fourth-order valence-corrected chi connectivity index (χ4v) is 2.39. The van der Waals surface area contributed by atoms with Crippen LogP contribution >= 0.6 is 0 Å². The second-order valence-corrected chi connectivity index (χ2v) is 5.19. The first-order valence-electron chi connectivity index (χ1n) is 7.15. The third-order valence-electron chi connectivity index (χ3n) is 3.68. The van der Waals surface area contributed by atoms with Gasteiger partial charge in [-0.15, -0.1) is 0 Å². The van der Waals surface area contributed by atoms with Crippen molar-refractivity contribution < 1.29 is 30.0 Å². The Morgan fingerprint density at radius 3 is 1.70 bits per heavy atom. The molecule has 0 heterocycles. The minimum Gasteiger partial charge on any atom is -0.481 e. The number of carboxylic acids is 2. The molecule has 0 saturated carbocycles. The van der Waals surface area contributed by atoms with E-state index >= 15 is 0 Å². The van der Waals surface area contributed by atoms with Gasteiger partial charge in [-0.3, -0.25) is 9.59 Å². The zero-order valence-electron chi connectivity index (χ0n) is 11.9. The number of aliphatic carboxylic acids is 2. The second kappa shape index (κ2) is 10.6. The summed E-state index contributed by atoms with van der Waals surface area (Å²) < 4.78 is 0. The van der Waals surface area contributed by atoms with Gasteiger partial charge in [0, 0.05) is 19.6 Å². The molecule has 0 rings (SSSR count). The molecule has 6 heteroatoms. The van der Waals surface area contributed by atoms with Crippen LogP contribution in [-0.4, -0.2) is 45.6 Å². The van der Waals surface area contributed by atoms with E-state index in [0.717, 1.165) is 19.3 Å². The number of carbonyl (C=O) groups is 2.